The van der Waals surface area contributed by atoms with Crippen molar-refractivity contribution in [2.45, 2.75) is 31.1 Å². The van der Waals surface area contributed by atoms with Gasteiger partial charge >= 0.3 is 5.97 Å². The summed E-state index contributed by atoms with van der Waals surface area (Å²) in [5, 5.41) is 18.4. The Bertz CT molecular complexity index is 634. The lowest BCUT2D eigenvalue weighted by atomic mass is 10.1. The summed E-state index contributed by atoms with van der Waals surface area (Å²) < 4.78 is 26.8. The van der Waals surface area contributed by atoms with Gasteiger partial charge in [0.2, 0.25) is 10.0 Å². The molecule has 0 atom stereocenters. The number of carboxylic acids is 1. The van der Waals surface area contributed by atoms with E-state index in [4.69, 9.17) is 5.11 Å². The van der Waals surface area contributed by atoms with Crippen LogP contribution in [0.5, 0.6) is 5.75 Å². The fraction of sp³-hybridized carbons (Fsp3) is 0.462. The second-order valence-electron chi connectivity index (χ2n) is 5.07. The molecule has 0 saturated heterocycles. The van der Waals surface area contributed by atoms with Crippen molar-refractivity contribution < 1.29 is 23.4 Å². The van der Waals surface area contributed by atoms with Crippen molar-refractivity contribution in [3.63, 3.8) is 0 Å². The molecule has 1 saturated carbocycles. The highest BCUT2D eigenvalue weighted by atomic mass is 32.2. The Morgan fingerprint density at radius 3 is 2.60 bits per heavy atom. The van der Waals surface area contributed by atoms with E-state index in [0.717, 1.165) is 31.4 Å². The van der Waals surface area contributed by atoms with E-state index in [1.165, 1.54) is 6.92 Å². The molecule has 1 fully saturated rings. The molecule has 0 aromatic heterocycles. The highest BCUT2D eigenvalue weighted by Crippen LogP contribution is 2.32. The van der Waals surface area contributed by atoms with Crippen molar-refractivity contribution in [1.29, 1.82) is 0 Å². The average molecular weight is 299 g/mol. The predicted molar refractivity (Wildman–Crippen MR) is 72.3 cm³/mol. The van der Waals surface area contributed by atoms with Crippen molar-refractivity contribution in [3.05, 3.63) is 23.3 Å². The fourth-order valence-corrected chi connectivity index (χ4v) is 3.31. The van der Waals surface area contributed by atoms with E-state index >= 15 is 0 Å². The van der Waals surface area contributed by atoms with E-state index in [0.29, 0.717) is 18.0 Å². The Hall–Kier alpha value is -1.60. The number of phenols is 1. The fourth-order valence-electron chi connectivity index (χ4n) is 2.02. The van der Waals surface area contributed by atoms with Gasteiger partial charge in [-0.25, -0.2) is 17.9 Å². The van der Waals surface area contributed by atoms with Crippen molar-refractivity contribution in [2.75, 3.05) is 6.54 Å². The third-order valence-corrected chi connectivity index (χ3v) is 4.96. The number of rotatable bonds is 6. The van der Waals surface area contributed by atoms with E-state index in [-0.39, 0.29) is 4.90 Å². The van der Waals surface area contributed by atoms with Crippen LogP contribution in [0.3, 0.4) is 0 Å². The molecule has 3 N–H and O–H groups in total. The first-order chi connectivity index (χ1) is 9.31. The maximum atomic E-state index is 12.2. The molecule has 1 aromatic rings. The van der Waals surface area contributed by atoms with E-state index in [1.54, 1.807) is 0 Å². The maximum absolute atomic E-state index is 12.2. The van der Waals surface area contributed by atoms with Crippen LogP contribution in [-0.4, -0.2) is 31.1 Å². The van der Waals surface area contributed by atoms with E-state index < -0.39 is 27.3 Å². The second kappa shape index (κ2) is 5.41. The highest BCUT2D eigenvalue weighted by molar-refractivity contribution is 7.89. The van der Waals surface area contributed by atoms with Gasteiger partial charge in [-0.05, 0) is 37.0 Å². The first-order valence-electron chi connectivity index (χ1n) is 6.38. The summed E-state index contributed by atoms with van der Waals surface area (Å²) in [6, 6.07) is 2.14. The summed E-state index contributed by atoms with van der Waals surface area (Å²) in [5.74, 6) is -1.20. The quantitative estimate of drug-likeness (QED) is 0.738. The van der Waals surface area contributed by atoms with Gasteiger partial charge in [-0.3, -0.25) is 0 Å². The molecular weight excluding hydrogens is 282 g/mol. The first-order valence-corrected chi connectivity index (χ1v) is 7.86. The Morgan fingerprint density at radius 2 is 2.05 bits per heavy atom. The molecule has 0 unspecified atom stereocenters. The van der Waals surface area contributed by atoms with Gasteiger partial charge < -0.3 is 10.2 Å². The van der Waals surface area contributed by atoms with Crippen LogP contribution in [0.15, 0.2) is 17.0 Å². The number of carbonyl (C=O) groups is 1. The van der Waals surface area contributed by atoms with Crippen LogP contribution < -0.4 is 4.72 Å². The lowest BCUT2D eigenvalue weighted by Crippen LogP contribution is -2.26. The lowest BCUT2D eigenvalue weighted by molar-refractivity contribution is 0.0693. The molecule has 0 heterocycles. The predicted octanol–water partition coefficient (Wildman–Crippen LogP) is 1.48. The van der Waals surface area contributed by atoms with Gasteiger partial charge in [0.05, 0.1) is 4.90 Å². The SMILES string of the molecule is Cc1cc(O)c(C(=O)O)cc1S(=O)(=O)NCCC1CC1. The Morgan fingerprint density at radius 1 is 1.40 bits per heavy atom. The van der Waals surface area contributed by atoms with Crippen molar-refractivity contribution >= 4 is 16.0 Å². The van der Waals surface area contributed by atoms with Crippen LogP contribution in [0.25, 0.3) is 0 Å². The smallest absolute Gasteiger partial charge is 0.339 e. The third kappa shape index (κ3) is 3.29. The topological polar surface area (TPSA) is 104 Å². The molecule has 0 bridgehead atoms. The van der Waals surface area contributed by atoms with Gasteiger partial charge in [-0.1, -0.05) is 12.8 Å². The Balaban J connectivity index is 2.24. The lowest BCUT2D eigenvalue weighted by Gasteiger charge is -2.11. The van der Waals surface area contributed by atoms with E-state index in [1.807, 2.05) is 0 Å². The molecular formula is C13H17NO5S. The minimum absolute atomic E-state index is 0.108. The zero-order valence-corrected chi connectivity index (χ0v) is 11.9. The number of hydrogen-bond acceptors (Lipinski definition) is 4. The molecule has 2 rings (SSSR count). The van der Waals surface area contributed by atoms with Crippen molar-refractivity contribution in [1.82, 2.24) is 4.72 Å². The van der Waals surface area contributed by atoms with Gasteiger partial charge in [0.25, 0.3) is 0 Å². The summed E-state index contributed by atoms with van der Waals surface area (Å²) in [6.07, 6.45) is 3.08. The molecule has 1 aromatic carbocycles. The molecule has 6 nitrogen and oxygen atoms in total. The summed E-state index contributed by atoms with van der Waals surface area (Å²) in [4.78, 5) is 10.8. The molecule has 7 heteroatoms. The van der Waals surface area contributed by atoms with Crippen LogP contribution in [0.1, 0.15) is 35.2 Å². The standard InChI is InChI=1S/C13H17NO5S/c1-8-6-11(15)10(13(16)17)7-12(8)20(18,19)14-5-4-9-2-3-9/h6-7,9,14-15H,2-5H2,1H3,(H,16,17). The number of sulfonamides is 1. The monoisotopic (exact) mass is 299 g/mol. The van der Waals surface area contributed by atoms with Crippen LogP contribution in [0, 0.1) is 12.8 Å². The molecule has 1 aliphatic rings. The van der Waals surface area contributed by atoms with E-state index in [2.05, 4.69) is 4.72 Å². The molecule has 0 amide bonds. The molecule has 0 radical (unpaired) electrons. The Kier molecular flexibility index (Phi) is 4.01. The summed E-state index contributed by atoms with van der Waals surface area (Å²) in [5.41, 5.74) is -0.107. The number of benzene rings is 1. The molecule has 110 valence electrons. The largest absolute Gasteiger partial charge is 0.507 e. The number of aromatic carboxylic acids is 1. The van der Waals surface area contributed by atoms with Gasteiger partial charge in [0.1, 0.15) is 11.3 Å². The molecule has 1 aliphatic carbocycles. The van der Waals surface area contributed by atoms with Crippen LogP contribution in [-0.2, 0) is 10.0 Å². The van der Waals surface area contributed by atoms with Gasteiger partial charge in [0, 0.05) is 6.54 Å². The molecule has 0 spiro atoms. The van der Waals surface area contributed by atoms with Crippen LogP contribution in [0.2, 0.25) is 0 Å². The molecule has 20 heavy (non-hydrogen) atoms. The minimum Gasteiger partial charge on any atom is -0.507 e. The van der Waals surface area contributed by atoms with Crippen LogP contribution >= 0.6 is 0 Å². The number of nitrogens with one attached hydrogen (secondary N) is 1. The summed E-state index contributed by atoms with van der Waals surface area (Å²) in [7, 11) is -3.76. The normalized spacial score (nSPS) is 15.2. The third-order valence-electron chi connectivity index (χ3n) is 3.35. The Labute approximate surface area is 117 Å². The second-order valence-corrected chi connectivity index (χ2v) is 6.81. The van der Waals surface area contributed by atoms with E-state index in [9.17, 15) is 18.3 Å². The van der Waals surface area contributed by atoms with Crippen LogP contribution in [0.4, 0.5) is 0 Å². The van der Waals surface area contributed by atoms with Crippen molar-refractivity contribution in [3.8, 4) is 5.75 Å². The number of aromatic hydroxyl groups is 1. The maximum Gasteiger partial charge on any atom is 0.339 e. The summed E-state index contributed by atoms with van der Waals surface area (Å²) in [6.45, 7) is 1.86. The number of aryl methyl sites for hydroxylation is 1. The molecule has 0 aliphatic heterocycles. The van der Waals surface area contributed by atoms with Crippen molar-refractivity contribution in [2.24, 2.45) is 5.92 Å². The first kappa shape index (κ1) is 14.8. The van der Waals surface area contributed by atoms with Gasteiger partial charge in [-0.15, -0.1) is 0 Å². The minimum atomic E-state index is -3.76. The zero-order valence-electron chi connectivity index (χ0n) is 11.1. The highest BCUT2D eigenvalue weighted by Gasteiger charge is 2.24. The van der Waals surface area contributed by atoms with Gasteiger partial charge in [-0.2, -0.15) is 0 Å². The van der Waals surface area contributed by atoms with Gasteiger partial charge in [0.15, 0.2) is 0 Å². The number of hydrogen-bond donors (Lipinski definition) is 3. The zero-order chi connectivity index (χ0) is 14.9. The number of carboxylic acid groups (broad SMARTS) is 1. The average Bonchev–Trinajstić information content (AvgIpc) is 3.11. The summed E-state index contributed by atoms with van der Waals surface area (Å²) >= 11 is 0.